The Kier molecular flexibility index (Phi) is 5.28. The van der Waals surface area contributed by atoms with E-state index >= 15 is 0 Å². The second-order valence-corrected chi connectivity index (χ2v) is 5.41. The molecule has 2 aromatic rings. The molecular formula is C17H22N2O2. The monoisotopic (exact) mass is 286 g/mol. The van der Waals surface area contributed by atoms with Gasteiger partial charge in [0.25, 0.3) is 0 Å². The van der Waals surface area contributed by atoms with Crippen molar-refractivity contribution in [1.82, 2.24) is 10.3 Å². The van der Waals surface area contributed by atoms with E-state index < -0.39 is 6.04 Å². The maximum atomic E-state index is 12.3. The van der Waals surface area contributed by atoms with E-state index in [9.17, 15) is 4.79 Å². The van der Waals surface area contributed by atoms with Gasteiger partial charge in [0.05, 0.1) is 12.1 Å². The van der Waals surface area contributed by atoms with E-state index in [-0.39, 0.29) is 5.97 Å². The van der Waals surface area contributed by atoms with Gasteiger partial charge in [0.1, 0.15) is 6.04 Å². The number of ether oxygens (including phenoxy) is 1. The van der Waals surface area contributed by atoms with E-state index in [1.807, 2.05) is 37.3 Å². The van der Waals surface area contributed by atoms with Gasteiger partial charge in [-0.15, -0.1) is 0 Å². The summed E-state index contributed by atoms with van der Waals surface area (Å²) in [5.74, 6) is 0.196. The molecule has 4 heteroatoms. The second-order valence-electron chi connectivity index (χ2n) is 5.41. The highest BCUT2D eigenvalue weighted by Gasteiger charge is 2.24. The average molecular weight is 286 g/mol. The first kappa shape index (κ1) is 15.4. The van der Waals surface area contributed by atoms with E-state index in [2.05, 4.69) is 24.1 Å². The maximum Gasteiger partial charge on any atom is 0.327 e. The molecule has 21 heavy (non-hydrogen) atoms. The van der Waals surface area contributed by atoms with Crippen molar-refractivity contribution in [3.05, 3.63) is 42.1 Å². The number of rotatable bonds is 6. The predicted molar refractivity (Wildman–Crippen MR) is 84.0 cm³/mol. The zero-order chi connectivity index (χ0) is 15.2. The molecule has 1 N–H and O–H groups in total. The van der Waals surface area contributed by atoms with Gasteiger partial charge in [-0.25, -0.2) is 4.79 Å². The van der Waals surface area contributed by atoms with Crippen molar-refractivity contribution in [2.75, 3.05) is 13.2 Å². The topological polar surface area (TPSA) is 51.2 Å². The molecule has 0 amide bonds. The molecule has 1 aromatic carbocycles. The Morgan fingerprint density at radius 1 is 1.29 bits per heavy atom. The lowest BCUT2D eigenvalue weighted by Crippen LogP contribution is -2.33. The van der Waals surface area contributed by atoms with Crippen molar-refractivity contribution in [1.29, 1.82) is 0 Å². The molecule has 112 valence electrons. The Balaban J connectivity index is 2.40. The van der Waals surface area contributed by atoms with Crippen LogP contribution in [0.25, 0.3) is 10.9 Å². The second kappa shape index (κ2) is 7.18. The van der Waals surface area contributed by atoms with Gasteiger partial charge in [-0.1, -0.05) is 38.1 Å². The van der Waals surface area contributed by atoms with Crippen LogP contribution in [0.4, 0.5) is 0 Å². The van der Waals surface area contributed by atoms with E-state index in [4.69, 9.17) is 4.74 Å². The fraction of sp³-hybridized carbons (Fsp3) is 0.412. The van der Waals surface area contributed by atoms with Crippen molar-refractivity contribution in [3.63, 3.8) is 0 Å². The average Bonchev–Trinajstić information content (AvgIpc) is 2.47. The van der Waals surface area contributed by atoms with Gasteiger partial charge in [0.2, 0.25) is 0 Å². The van der Waals surface area contributed by atoms with Crippen LogP contribution >= 0.6 is 0 Å². The van der Waals surface area contributed by atoms with Crippen molar-refractivity contribution in [2.24, 2.45) is 5.92 Å². The fourth-order valence-electron chi connectivity index (χ4n) is 2.26. The summed E-state index contributed by atoms with van der Waals surface area (Å²) in [6, 6.07) is 9.29. The normalized spacial score (nSPS) is 12.6. The number of para-hydroxylation sites is 1. The Labute approximate surface area is 125 Å². The summed E-state index contributed by atoms with van der Waals surface area (Å²) in [5, 5.41) is 4.32. The number of nitrogens with one attached hydrogen (secondary N) is 1. The van der Waals surface area contributed by atoms with Crippen molar-refractivity contribution >= 4 is 16.9 Å². The third-order valence-corrected chi connectivity index (χ3v) is 3.23. The van der Waals surface area contributed by atoms with Gasteiger partial charge in [-0.3, -0.25) is 4.98 Å². The van der Waals surface area contributed by atoms with Gasteiger partial charge < -0.3 is 10.1 Å². The smallest absolute Gasteiger partial charge is 0.327 e. The first-order valence-corrected chi connectivity index (χ1v) is 7.37. The molecule has 0 radical (unpaired) electrons. The summed E-state index contributed by atoms with van der Waals surface area (Å²) >= 11 is 0. The van der Waals surface area contributed by atoms with E-state index in [0.29, 0.717) is 12.5 Å². The van der Waals surface area contributed by atoms with Crippen LogP contribution in [-0.4, -0.2) is 24.1 Å². The molecule has 0 fully saturated rings. The Morgan fingerprint density at radius 3 is 2.76 bits per heavy atom. The lowest BCUT2D eigenvalue weighted by atomic mass is 10.0. The molecular weight excluding hydrogens is 264 g/mol. The lowest BCUT2D eigenvalue weighted by Gasteiger charge is -2.20. The zero-order valence-electron chi connectivity index (χ0n) is 12.8. The van der Waals surface area contributed by atoms with Gasteiger partial charge in [-0.05, 0) is 25.5 Å². The van der Waals surface area contributed by atoms with Crippen molar-refractivity contribution < 1.29 is 9.53 Å². The van der Waals surface area contributed by atoms with Crippen LogP contribution in [-0.2, 0) is 9.53 Å². The first-order chi connectivity index (χ1) is 10.1. The Morgan fingerprint density at radius 2 is 2.05 bits per heavy atom. The molecule has 0 bridgehead atoms. The summed E-state index contributed by atoms with van der Waals surface area (Å²) < 4.78 is 5.21. The van der Waals surface area contributed by atoms with Gasteiger partial charge in [0.15, 0.2) is 0 Å². The molecule has 0 aliphatic heterocycles. The fourth-order valence-corrected chi connectivity index (χ4v) is 2.26. The highest BCUT2D eigenvalue weighted by Crippen LogP contribution is 2.23. The van der Waals surface area contributed by atoms with Gasteiger partial charge in [-0.2, -0.15) is 0 Å². The molecule has 1 unspecified atom stereocenters. The quantitative estimate of drug-likeness (QED) is 0.829. The molecule has 1 aromatic heterocycles. The van der Waals surface area contributed by atoms with E-state index in [0.717, 1.165) is 23.0 Å². The predicted octanol–water partition coefficient (Wildman–Crippen LogP) is 3.08. The van der Waals surface area contributed by atoms with Gasteiger partial charge in [0, 0.05) is 17.1 Å². The van der Waals surface area contributed by atoms with E-state index in [1.54, 1.807) is 6.20 Å². The van der Waals surface area contributed by atoms with Crippen LogP contribution in [0.5, 0.6) is 0 Å². The molecule has 0 aliphatic rings. The maximum absolute atomic E-state index is 12.3. The minimum Gasteiger partial charge on any atom is -0.465 e. The summed E-state index contributed by atoms with van der Waals surface area (Å²) in [6.07, 6.45) is 1.75. The lowest BCUT2D eigenvalue weighted by molar-refractivity contribution is -0.145. The van der Waals surface area contributed by atoms with Crippen molar-refractivity contribution in [3.8, 4) is 0 Å². The molecule has 0 saturated carbocycles. The summed E-state index contributed by atoms with van der Waals surface area (Å²) in [6.45, 7) is 7.15. The number of benzene rings is 1. The number of carbonyl (C=O) groups is 1. The molecule has 1 heterocycles. The summed E-state index contributed by atoms with van der Waals surface area (Å²) in [4.78, 5) is 16.7. The van der Waals surface area contributed by atoms with Crippen LogP contribution < -0.4 is 5.32 Å². The largest absolute Gasteiger partial charge is 0.465 e. The summed E-state index contributed by atoms with van der Waals surface area (Å²) in [7, 11) is 0. The first-order valence-electron chi connectivity index (χ1n) is 7.37. The standard InChI is InChI=1S/C17H22N2O2/c1-4-21-17(20)16(19-11-12(2)3)14-9-5-7-13-8-6-10-18-15(13)14/h5-10,12,16,19H,4,11H2,1-3H3. The van der Waals surface area contributed by atoms with E-state index in [1.165, 1.54) is 0 Å². The van der Waals surface area contributed by atoms with Crippen LogP contribution in [0.2, 0.25) is 0 Å². The highest BCUT2D eigenvalue weighted by molar-refractivity contribution is 5.88. The molecule has 0 spiro atoms. The number of pyridine rings is 1. The third-order valence-electron chi connectivity index (χ3n) is 3.23. The Hall–Kier alpha value is -1.94. The molecule has 1 atom stereocenters. The number of esters is 1. The number of aromatic nitrogens is 1. The number of hydrogen-bond donors (Lipinski definition) is 1. The zero-order valence-corrected chi connectivity index (χ0v) is 12.8. The molecule has 0 saturated heterocycles. The molecule has 0 aliphatic carbocycles. The number of nitrogens with zero attached hydrogens (tertiary/aromatic N) is 1. The minimum absolute atomic E-state index is 0.253. The van der Waals surface area contributed by atoms with Crippen LogP contribution in [0.1, 0.15) is 32.4 Å². The van der Waals surface area contributed by atoms with Crippen molar-refractivity contribution in [2.45, 2.75) is 26.8 Å². The SMILES string of the molecule is CCOC(=O)C(NCC(C)C)c1cccc2cccnc12. The van der Waals surface area contributed by atoms with Crippen LogP contribution in [0, 0.1) is 5.92 Å². The summed E-state index contributed by atoms with van der Waals surface area (Å²) in [5.41, 5.74) is 1.71. The van der Waals surface area contributed by atoms with Gasteiger partial charge >= 0.3 is 5.97 Å². The Bertz CT molecular complexity index is 605. The highest BCUT2D eigenvalue weighted by atomic mass is 16.5. The number of carbonyl (C=O) groups excluding carboxylic acids is 1. The number of hydrogen-bond acceptors (Lipinski definition) is 4. The van der Waals surface area contributed by atoms with Crippen LogP contribution in [0.3, 0.4) is 0 Å². The molecule has 2 rings (SSSR count). The minimum atomic E-state index is -0.481. The van der Waals surface area contributed by atoms with Crippen LogP contribution in [0.15, 0.2) is 36.5 Å². The molecule has 4 nitrogen and oxygen atoms in total. The number of fused-ring (bicyclic) bond motifs is 1. The third kappa shape index (κ3) is 3.79.